The van der Waals surface area contributed by atoms with Crippen LogP contribution in [0.25, 0.3) is 6.08 Å². The van der Waals surface area contributed by atoms with Crippen LogP contribution in [0.3, 0.4) is 0 Å². The number of benzene rings is 2. The van der Waals surface area contributed by atoms with Crippen molar-refractivity contribution in [1.29, 1.82) is 0 Å². The lowest BCUT2D eigenvalue weighted by Crippen LogP contribution is -2.44. The van der Waals surface area contributed by atoms with E-state index in [1.807, 2.05) is 0 Å². The molecule has 7 rings (SSSR count). The summed E-state index contributed by atoms with van der Waals surface area (Å²) in [5.41, 5.74) is 1.81. The largest absolute Gasteiger partial charge is 0.462 e. The van der Waals surface area contributed by atoms with Crippen molar-refractivity contribution in [3.05, 3.63) is 88.5 Å². The van der Waals surface area contributed by atoms with Crippen molar-refractivity contribution in [1.82, 2.24) is 10.6 Å². The first-order chi connectivity index (χ1) is 25.5. The third kappa shape index (κ3) is 8.07. The van der Waals surface area contributed by atoms with Gasteiger partial charge in [0.25, 0.3) is 5.91 Å². The number of rotatable bonds is 13. The maximum atomic E-state index is 13.6. The van der Waals surface area contributed by atoms with E-state index in [9.17, 15) is 24.0 Å². The van der Waals surface area contributed by atoms with Crippen LogP contribution in [0.2, 0.25) is 0 Å². The molecule has 0 aromatic heterocycles. The van der Waals surface area contributed by atoms with Gasteiger partial charge in [-0.15, -0.1) is 0 Å². The number of aliphatic hydroxyl groups excluding tert-OH is 1. The SMILES string of the molecule is CC1(C)COC(=O)C1OC(=O)C=Cc1ccc(C(=O)OC2CC(C(=O)NCc3cccc(C(=O)NCCO)c3)=CC3OC(C4CC4)(C4CC4)OC32)cc1. The van der Waals surface area contributed by atoms with E-state index in [1.165, 1.54) is 12.2 Å². The fraction of sp³-hybridized carbons (Fsp3) is 0.475. The van der Waals surface area contributed by atoms with Crippen LogP contribution >= 0.6 is 0 Å². The highest BCUT2D eigenvalue weighted by Gasteiger charge is 2.64. The van der Waals surface area contributed by atoms with E-state index < -0.39 is 53.5 Å². The van der Waals surface area contributed by atoms with E-state index in [1.54, 1.807) is 68.5 Å². The van der Waals surface area contributed by atoms with Gasteiger partial charge in [-0.25, -0.2) is 14.4 Å². The second kappa shape index (κ2) is 14.9. The highest BCUT2D eigenvalue weighted by molar-refractivity contribution is 5.95. The molecular weight excluding hydrogens is 684 g/mol. The molecule has 2 amide bonds. The molecule has 53 heavy (non-hydrogen) atoms. The van der Waals surface area contributed by atoms with Gasteiger partial charge in [0.1, 0.15) is 24.9 Å². The Morgan fingerprint density at radius 2 is 1.66 bits per heavy atom. The average molecular weight is 729 g/mol. The molecule has 2 heterocycles. The molecule has 2 saturated heterocycles. The molecule has 4 atom stereocenters. The molecule has 4 fully saturated rings. The van der Waals surface area contributed by atoms with Gasteiger partial charge in [0.15, 0.2) is 5.79 Å². The summed E-state index contributed by atoms with van der Waals surface area (Å²) < 4.78 is 29.8. The highest BCUT2D eigenvalue weighted by Crippen LogP contribution is 2.59. The number of aliphatic hydroxyl groups is 1. The van der Waals surface area contributed by atoms with Crippen molar-refractivity contribution in [3.8, 4) is 0 Å². The molecule has 2 aromatic rings. The van der Waals surface area contributed by atoms with Crippen molar-refractivity contribution in [2.45, 2.75) is 82.7 Å². The molecule has 2 aliphatic heterocycles. The summed E-state index contributed by atoms with van der Waals surface area (Å²) in [6.45, 7) is 3.86. The van der Waals surface area contributed by atoms with Gasteiger partial charge in [-0.3, -0.25) is 9.59 Å². The summed E-state index contributed by atoms with van der Waals surface area (Å²) in [4.78, 5) is 63.9. The Labute approximate surface area is 307 Å². The van der Waals surface area contributed by atoms with Crippen LogP contribution < -0.4 is 10.6 Å². The quantitative estimate of drug-likeness (QED) is 0.157. The molecule has 5 aliphatic rings. The zero-order chi connectivity index (χ0) is 37.3. The number of esters is 3. The Morgan fingerprint density at radius 3 is 2.32 bits per heavy atom. The molecule has 13 nitrogen and oxygen atoms in total. The molecule has 0 radical (unpaired) electrons. The summed E-state index contributed by atoms with van der Waals surface area (Å²) in [5, 5.41) is 14.6. The molecule has 3 aliphatic carbocycles. The van der Waals surface area contributed by atoms with Gasteiger partial charge in [0.05, 0.1) is 12.2 Å². The molecule has 0 spiro atoms. The number of carbonyl (C=O) groups is 5. The van der Waals surface area contributed by atoms with Crippen molar-refractivity contribution < 1.29 is 52.8 Å². The van der Waals surface area contributed by atoms with Gasteiger partial charge < -0.3 is 39.4 Å². The highest BCUT2D eigenvalue weighted by atomic mass is 16.8. The Morgan fingerprint density at radius 1 is 0.925 bits per heavy atom. The zero-order valence-corrected chi connectivity index (χ0v) is 29.7. The summed E-state index contributed by atoms with van der Waals surface area (Å²) >= 11 is 0. The molecule has 4 unspecified atom stereocenters. The summed E-state index contributed by atoms with van der Waals surface area (Å²) in [5.74, 6) is -2.74. The van der Waals surface area contributed by atoms with Gasteiger partial charge in [0.2, 0.25) is 12.0 Å². The third-order valence-electron chi connectivity index (χ3n) is 10.3. The monoisotopic (exact) mass is 728 g/mol. The van der Waals surface area contributed by atoms with Gasteiger partial charge in [-0.05, 0) is 73.2 Å². The number of carbonyl (C=O) groups excluding carboxylic acids is 5. The van der Waals surface area contributed by atoms with Crippen LogP contribution in [0.4, 0.5) is 0 Å². The van der Waals surface area contributed by atoms with Crippen molar-refractivity contribution in [2.24, 2.45) is 17.3 Å². The molecule has 13 heteroatoms. The van der Waals surface area contributed by atoms with Crippen molar-refractivity contribution >= 4 is 35.8 Å². The number of nitrogens with one attached hydrogen (secondary N) is 2. The van der Waals surface area contributed by atoms with Crippen LogP contribution in [0.1, 0.15) is 77.8 Å². The summed E-state index contributed by atoms with van der Waals surface area (Å²) in [6, 6.07) is 13.3. The second-order valence-corrected chi connectivity index (χ2v) is 15.0. The maximum Gasteiger partial charge on any atom is 0.348 e. The number of fused-ring (bicyclic) bond motifs is 1. The van der Waals surface area contributed by atoms with E-state index in [0.717, 1.165) is 25.7 Å². The number of amides is 2. The molecular formula is C40H44N2O11. The Hall–Kier alpha value is -4.85. The Kier molecular flexibility index (Phi) is 10.2. The lowest BCUT2D eigenvalue weighted by Gasteiger charge is -2.31. The van der Waals surface area contributed by atoms with Crippen molar-refractivity contribution in [3.63, 3.8) is 0 Å². The normalized spacial score (nSPS) is 25.6. The smallest absolute Gasteiger partial charge is 0.348 e. The first-order valence-corrected chi connectivity index (χ1v) is 18.1. The van der Waals surface area contributed by atoms with Crippen LogP contribution in [0.5, 0.6) is 0 Å². The minimum Gasteiger partial charge on any atom is -0.462 e. The van der Waals surface area contributed by atoms with Crippen molar-refractivity contribution in [2.75, 3.05) is 19.8 Å². The van der Waals surface area contributed by atoms with E-state index in [0.29, 0.717) is 22.3 Å². The summed E-state index contributed by atoms with van der Waals surface area (Å²) in [6.07, 6.45) is 5.70. The van der Waals surface area contributed by atoms with Crippen LogP contribution in [-0.2, 0) is 44.6 Å². The van der Waals surface area contributed by atoms with E-state index in [-0.39, 0.29) is 61.9 Å². The number of hydrogen-bond acceptors (Lipinski definition) is 11. The molecule has 3 N–H and O–H groups in total. The fourth-order valence-electron chi connectivity index (χ4n) is 7.15. The minimum atomic E-state index is -0.986. The number of ether oxygens (including phenoxy) is 5. The van der Waals surface area contributed by atoms with E-state index in [2.05, 4.69) is 10.6 Å². The lowest BCUT2D eigenvalue weighted by molar-refractivity contribution is -0.209. The van der Waals surface area contributed by atoms with Gasteiger partial charge >= 0.3 is 17.9 Å². The van der Waals surface area contributed by atoms with Gasteiger partial charge in [0, 0.05) is 54.0 Å². The summed E-state index contributed by atoms with van der Waals surface area (Å²) in [7, 11) is 0. The lowest BCUT2D eigenvalue weighted by atomic mass is 9.90. The predicted octanol–water partition coefficient (Wildman–Crippen LogP) is 3.39. The molecule has 2 aromatic carbocycles. The third-order valence-corrected chi connectivity index (χ3v) is 10.3. The predicted molar refractivity (Wildman–Crippen MR) is 188 cm³/mol. The van der Waals surface area contributed by atoms with Crippen LogP contribution in [-0.4, -0.2) is 84.8 Å². The van der Waals surface area contributed by atoms with E-state index in [4.69, 9.17) is 28.8 Å². The maximum absolute atomic E-state index is 13.6. The molecule has 280 valence electrons. The van der Waals surface area contributed by atoms with Crippen LogP contribution in [0, 0.1) is 17.3 Å². The first kappa shape index (κ1) is 36.5. The molecule has 0 bridgehead atoms. The topological polar surface area (TPSA) is 176 Å². The van der Waals surface area contributed by atoms with Gasteiger partial charge in [-0.1, -0.05) is 38.1 Å². The molecule has 2 saturated carbocycles. The van der Waals surface area contributed by atoms with Gasteiger partial charge in [-0.2, -0.15) is 0 Å². The standard InChI is InChI=1S/C40H44N2O11/c1-39(2)22-49-38(48)34(39)51-32(44)15-8-23-6-9-25(10-7-23)37(47)50-30-19-27(20-31-33(30)53-40(52-31,28-11-12-28)29-13-14-29)36(46)42-21-24-4-3-5-26(18-24)35(45)41-16-17-43/h3-10,15,18,20,28-31,33-34,43H,11-14,16-17,19,21-22H2,1-2H3,(H,41,45)(H,42,46). The number of hydrogen-bond donors (Lipinski definition) is 3. The van der Waals surface area contributed by atoms with E-state index >= 15 is 0 Å². The average Bonchev–Trinajstić information content (AvgIpc) is 4.10. The second-order valence-electron chi connectivity index (χ2n) is 15.0. The van der Waals surface area contributed by atoms with Crippen LogP contribution in [0.15, 0.2) is 66.3 Å². The fourth-order valence-corrected chi connectivity index (χ4v) is 7.15. The number of cyclic esters (lactones) is 1. The Balaban J connectivity index is 1.01. The zero-order valence-electron chi connectivity index (χ0n) is 29.7. The first-order valence-electron chi connectivity index (χ1n) is 18.1. The Bertz CT molecular complexity index is 1810. The minimum absolute atomic E-state index is 0.116.